The molecule has 1 aromatic heterocycles. The largest absolute Gasteiger partial charge is 0.469 e. The summed E-state index contributed by atoms with van der Waals surface area (Å²) >= 11 is 1.65. The minimum atomic E-state index is -0.928. The van der Waals surface area contributed by atoms with Crippen molar-refractivity contribution < 1.29 is 19.0 Å². The number of carbonyl (C=O) groups is 1. The summed E-state index contributed by atoms with van der Waals surface area (Å²) in [5.74, 6) is -0.172. The molecule has 0 aliphatic carbocycles. The molecule has 142 valence electrons. The Hall–Kier alpha value is -2.31. The second-order valence-electron chi connectivity index (χ2n) is 6.41. The van der Waals surface area contributed by atoms with Crippen LogP contribution in [0.15, 0.2) is 47.4 Å². The van der Waals surface area contributed by atoms with Gasteiger partial charge in [-0.1, -0.05) is 18.2 Å². The van der Waals surface area contributed by atoms with Crippen molar-refractivity contribution in [1.29, 1.82) is 0 Å². The Balaban J connectivity index is 2.10. The molecular weight excluding hydrogens is 365 g/mol. The lowest BCUT2D eigenvalue weighted by molar-refractivity contribution is -0.139. The first-order valence-electron chi connectivity index (χ1n) is 8.64. The lowest BCUT2D eigenvalue weighted by atomic mass is 10.0. The number of hydrogen-bond acceptors (Lipinski definition) is 4. The van der Waals surface area contributed by atoms with Crippen LogP contribution in [-0.2, 0) is 28.8 Å². The Bertz CT molecular complexity index is 967. The van der Waals surface area contributed by atoms with Crippen LogP contribution >= 0.6 is 11.8 Å². The zero-order chi connectivity index (χ0) is 19.6. The van der Waals surface area contributed by atoms with E-state index < -0.39 is 11.9 Å². The van der Waals surface area contributed by atoms with Crippen molar-refractivity contribution >= 4 is 28.6 Å². The van der Waals surface area contributed by atoms with Gasteiger partial charge in [-0.2, -0.15) is 0 Å². The van der Waals surface area contributed by atoms with Gasteiger partial charge < -0.3 is 14.4 Å². The monoisotopic (exact) mass is 387 g/mol. The van der Waals surface area contributed by atoms with Gasteiger partial charge in [0.2, 0.25) is 0 Å². The maximum Gasteiger partial charge on any atom is 0.310 e. The molecule has 3 aromatic rings. The van der Waals surface area contributed by atoms with Gasteiger partial charge in [0.25, 0.3) is 0 Å². The fourth-order valence-electron chi connectivity index (χ4n) is 3.19. The van der Waals surface area contributed by atoms with Crippen LogP contribution in [0.5, 0.6) is 0 Å². The fourth-order valence-corrected chi connectivity index (χ4v) is 4.21. The van der Waals surface area contributed by atoms with Crippen LogP contribution in [0.4, 0.5) is 4.39 Å². The first kappa shape index (κ1) is 19.5. The number of aryl methyl sites for hydroxylation is 1. The van der Waals surface area contributed by atoms with Gasteiger partial charge in [-0.25, -0.2) is 4.39 Å². The van der Waals surface area contributed by atoms with Crippen LogP contribution in [0, 0.1) is 5.82 Å². The molecule has 0 radical (unpaired) electrons. The number of thioether (sulfide) groups is 1. The molecule has 2 aromatic carbocycles. The highest BCUT2D eigenvalue weighted by molar-refractivity contribution is 7.98. The highest BCUT2D eigenvalue weighted by Crippen LogP contribution is 2.34. The lowest BCUT2D eigenvalue weighted by Gasteiger charge is -2.08. The topological polar surface area (TPSA) is 51.5 Å². The summed E-state index contributed by atoms with van der Waals surface area (Å²) in [5.41, 5.74) is 2.66. The molecule has 0 fully saturated rings. The number of nitrogens with zero attached hydrogens (tertiary/aromatic N) is 1. The number of aliphatic hydroxyl groups excluding tert-OH is 1. The van der Waals surface area contributed by atoms with Crippen LogP contribution < -0.4 is 0 Å². The van der Waals surface area contributed by atoms with Crippen LogP contribution in [0.1, 0.15) is 29.8 Å². The van der Waals surface area contributed by atoms with Crippen molar-refractivity contribution in [2.45, 2.75) is 30.1 Å². The molecule has 0 aliphatic heterocycles. The summed E-state index contributed by atoms with van der Waals surface area (Å²) in [6.07, 6.45) is -0.827. The number of benzene rings is 2. The molecule has 6 heteroatoms. The van der Waals surface area contributed by atoms with Crippen molar-refractivity contribution in [1.82, 2.24) is 4.57 Å². The third kappa shape index (κ3) is 4.01. The van der Waals surface area contributed by atoms with Crippen molar-refractivity contribution in [3.63, 3.8) is 0 Å². The van der Waals surface area contributed by atoms with Crippen LogP contribution in [0.3, 0.4) is 0 Å². The molecule has 1 N–H and O–H groups in total. The lowest BCUT2D eigenvalue weighted by Crippen LogP contribution is -2.07. The van der Waals surface area contributed by atoms with Crippen LogP contribution in [0.25, 0.3) is 10.9 Å². The van der Waals surface area contributed by atoms with Crippen molar-refractivity contribution in [3.05, 3.63) is 65.1 Å². The molecule has 0 saturated heterocycles. The Morgan fingerprint density at radius 1 is 1.30 bits per heavy atom. The van der Waals surface area contributed by atoms with Gasteiger partial charge >= 0.3 is 5.97 Å². The minimum absolute atomic E-state index is 0.101. The number of aliphatic hydroxyl groups is 1. The highest BCUT2D eigenvalue weighted by Gasteiger charge is 2.21. The van der Waals surface area contributed by atoms with Crippen molar-refractivity contribution in [3.8, 4) is 0 Å². The second-order valence-corrected chi connectivity index (χ2v) is 7.45. The molecule has 27 heavy (non-hydrogen) atoms. The maximum atomic E-state index is 14.4. The number of esters is 1. The third-order valence-corrected chi connectivity index (χ3v) is 5.70. The summed E-state index contributed by atoms with van der Waals surface area (Å²) < 4.78 is 21.2. The maximum absolute atomic E-state index is 14.4. The SMILES string of the molecule is COC(=O)Cc1c(CSc2ccccc2)n(C)c2cc(F)c(C(C)O)cc12. The molecule has 1 atom stereocenters. The van der Waals surface area contributed by atoms with E-state index in [2.05, 4.69) is 0 Å². The Labute approximate surface area is 162 Å². The van der Waals surface area contributed by atoms with Gasteiger partial charge in [0.05, 0.1) is 25.2 Å². The first-order chi connectivity index (χ1) is 12.9. The van der Waals surface area contributed by atoms with E-state index in [1.165, 1.54) is 20.1 Å². The summed E-state index contributed by atoms with van der Waals surface area (Å²) in [4.78, 5) is 13.1. The zero-order valence-corrected chi connectivity index (χ0v) is 16.3. The number of rotatable bonds is 6. The predicted octanol–water partition coefficient (Wildman–Crippen LogP) is 4.38. The molecule has 3 rings (SSSR count). The van der Waals surface area contributed by atoms with E-state index in [0.717, 1.165) is 21.5 Å². The van der Waals surface area contributed by atoms with E-state index >= 15 is 0 Å². The summed E-state index contributed by atoms with van der Waals surface area (Å²) in [6, 6.07) is 13.0. The first-order valence-corrected chi connectivity index (χ1v) is 9.63. The number of methoxy groups -OCH3 is 1. The molecule has 1 heterocycles. The summed E-state index contributed by atoms with van der Waals surface area (Å²) in [7, 11) is 3.22. The minimum Gasteiger partial charge on any atom is -0.469 e. The number of fused-ring (bicyclic) bond motifs is 1. The predicted molar refractivity (Wildman–Crippen MR) is 105 cm³/mol. The average molecular weight is 387 g/mol. The molecule has 0 amide bonds. The van der Waals surface area contributed by atoms with Gasteiger partial charge in [0, 0.05) is 34.3 Å². The average Bonchev–Trinajstić information content (AvgIpc) is 2.90. The fraction of sp³-hybridized carbons (Fsp3) is 0.286. The van der Waals surface area contributed by atoms with Crippen molar-refractivity contribution in [2.75, 3.05) is 7.11 Å². The van der Waals surface area contributed by atoms with Gasteiger partial charge in [0.1, 0.15) is 5.82 Å². The van der Waals surface area contributed by atoms with E-state index in [9.17, 15) is 14.3 Å². The molecule has 4 nitrogen and oxygen atoms in total. The normalized spacial score (nSPS) is 12.3. The number of halogens is 1. The quantitative estimate of drug-likeness (QED) is 0.504. The molecule has 0 bridgehead atoms. The number of aromatic nitrogens is 1. The zero-order valence-electron chi connectivity index (χ0n) is 15.5. The van der Waals surface area contributed by atoms with E-state index in [0.29, 0.717) is 11.3 Å². The Kier molecular flexibility index (Phi) is 5.87. The van der Waals surface area contributed by atoms with Gasteiger partial charge in [-0.3, -0.25) is 4.79 Å². The smallest absolute Gasteiger partial charge is 0.310 e. The van der Waals surface area contributed by atoms with Crippen LogP contribution in [-0.4, -0.2) is 22.8 Å². The number of hydrogen-bond donors (Lipinski definition) is 1. The van der Waals surface area contributed by atoms with Gasteiger partial charge in [-0.05, 0) is 36.8 Å². The second kappa shape index (κ2) is 8.15. The van der Waals surface area contributed by atoms with E-state index in [-0.39, 0.29) is 18.0 Å². The Morgan fingerprint density at radius 2 is 2.00 bits per heavy atom. The standard InChI is InChI=1S/C21H22FNO3S/c1-13(24)15-9-16-17(10-21(25)26-3)20(23(2)19(16)11-18(15)22)12-27-14-7-5-4-6-8-14/h4-9,11,13,24H,10,12H2,1-3H3. The summed E-state index contributed by atoms with van der Waals surface area (Å²) in [5, 5.41) is 10.6. The van der Waals surface area contributed by atoms with Gasteiger partial charge in [-0.15, -0.1) is 11.8 Å². The van der Waals surface area contributed by atoms with Gasteiger partial charge in [0.15, 0.2) is 0 Å². The van der Waals surface area contributed by atoms with Crippen LogP contribution in [0.2, 0.25) is 0 Å². The van der Waals surface area contributed by atoms with Crippen molar-refractivity contribution in [2.24, 2.45) is 7.05 Å². The number of carbonyl (C=O) groups excluding carboxylic acids is 1. The highest BCUT2D eigenvalue weighted by atomic mass is 32.2. The van der Waals surface area contributed by atoms with E-state index in [1.807, 2.05) is 41.9 Å². The molecule has 0 aliphatic rings. The molecule has 1 unspecified atom stereocenters. The Morgan fingerprint density at radius 3 is 2.63 bits per heavy atom. The molecular formula is C21H22FNO3S. The number of ether oxygens (including phenoxy) is 1. The van der Waals surface area contributed by atoms with E-state index in [1.54, 1.807) is 17.8 Å². The molecule has 0 saturated carbocycles. The molecule has 0 spiro atoms. The summed E-state index contributed by atoms with van der Waals surface area (Å²) in [6.45, 7) is 1.53. The van der Waals surface area contributed by atoms with E-state index in [4.69, 9.17) is 4.74 Å². The third-order valence-electron chi connectivity index (χ3n) is 4.67.